The van der Waals surface area contributed by atoms with Crippen molar-refractivity contribution in [2.45, 2.75) is 150 Å². The number of allylic oxidation sites excluding steroid dienone is 2. The van der Waals surface area contributed by atoms with Gasteiger partial charge >= 0.3 is 5.97 Å². The fraction of sp³-hybridized carbons (Fsp3) is 0.549. The summed E-state index contributed by atoms with van der Waals surface area (Å²) in [5.74, 6) is -1.46. The lowest BCUT2D eigenvalue weighted by molar-refractivity contribution is -0.148. The number of amides is 3. The molecule has 4 aromatic rings. The molecule has 4 N–H and O–H groups in total. The van der Waals surface area contributed by atoms with Crippen LogP contribution in [0.5, 0.6) is 11.5 Å². The molecule has 2 fully saturated rings. The number of methoxy groups -OCH3 is 2. The molecule has 3 amide bonds. The monoisotopic (exact) mass is 1350 g/mol. The van der Waals surface area contributed by atoms with Gasteiger partial charge in [-0.3, -0.25) is 19.2 Å². The van der Waals surface area contributed by atoms with Crippen LogP contribution in [-0.2, 0) is 62.8 Å². The highest BCUT2D eigenvalue weighted by Crippen LogP contribution is 2.53. The summed E-state index contributed by atoms with van der Waals surface area (Å²) in [5, 5.41) is 12.5. The second-order valence-corrected chi connectivity index (χ2v) is 32.7. The second kappa shape index (κ2) is 27.2. The minimum Gasteiger partial charge on any atom is -0.490 e. The zero-order valence-electron chi connectivity index (χ0n) is 54.3. The van der Waals surface area contributed by atoms with Crippen LogP contribution in [0.25, 0.3) is 0 Å². The van der Waals surface area contributed by atoms with Gasteiger partial charge in [0.1, 0.15) is 11.5 Å². The average molecular weight is 1360 g/mol. The number of hydrogen-bond donors (Lipinski definition) is 4. The maximum Gasteiger partial charge on any atom is 0.306 e. The number of nitrogens with one attached hydrogen (secondary N) is 3. The second-order valence-electron chi connectivity index (χ2n) is 27.8. The molecule has 4 heterocycles. The molecule has 8 aliphatic rings. The van der Waals surface area contributed by atoms with Gasteiger partial charge in [0.05, 0.1) is 59.1 Å². The zero-order chi connectivity index (χ0) is 66.4. The van der Waals surface area contributed by atoms with E-state index in [9.17, 15) is 41.1 Å². The average Bonchev–Trinajstić information content (AvgIpc) is 1.74. The molecule has 0 aromatic heterocycles. The molecule has 502 valence electrons. The summed E-state index contributed by atoms with van der Waals surface area (Å²) in [6.07, 6.45) is 17.7. The van der Waals surface area contributed by atoms with Crippen molar-refractivity contribution in [1.82, 2.24) is 14.8 Å². The summed E-state index contributed by atoms with van der Waals surface area (Å²) in [5.41, 5.74) is 4.32. The molecule has 0 unspecified atom stereocenters. The minimum absolute atomic E-state index is 0.0536. The van der Waals surface area contributed by atoms with Crippen LogP contribution in [0.15, 0.2) is 97.1 Å². The first kappa shape index (κ1) is 68.2. The number of ether oxygens (including phenoxy) is 4. The number of anilines is 2. The van der Waals surface area contributed by atoms with Crippen LogP contribution >= 0.6 is 23.2 Å². The highest BCUT2D eigenvalue weighted by atomic mass is 35.5. The highest BCUT2D eigenvalue weighted by Gasteiger charge is 2.52. The molecule has 18 nitrogen and oxygen atoms in total. The molecule has 2 saturated carbocycles. The van der Waals surface area contributed by atoms with Crippen LogP contribution in [0.3, 0.4) is 0 Å². The quantitative estimate of drug-likeness (QED) is 0.131. The van der Waals surface area contributed by atoms with Gasteiger partial charge in [-0.05, 0) is 209 Å². The summed E-state index contributed by atoms with van der Waals surface area (Å²) in [4.78, 5) is 56.7. The predicted molar refractivity (Wildman–Crippen MR) is 361 cm³/mol. The van der Waals surface area contributed by atoms with E-state index in [4.69, 9.17) is 42.1 Å². The van der Waals surface area contributed by atoms with E-state index in [2.05, 4.69) is 42.8 Å². The molecule has 93 heavy (non-hydrogen) atoms. The first-order valence-electron chi connectivity index (χ1n) is 32.9. The van der Waals surface area contributed by atoms with E-state index in [0.29, 0.717) is 68.8 Å². The number of halogens is 2. The minimum atomic E-state index is -4.01. The molecular formula is C71H89Cl2N5O13S2. The Hall–Kier alpha value is -6.16. The zero-order valence-corrected chi connectivity index (χ0v) is 57.5. The fourth-order valence-electron chi connectivity index (χ4n) is 16.2. The van der Waals surface area contributed by atoms with Crippen molar-refractivity contribution in [3.05, 3.63) is 141 Å². The van der Waals surface area contributed by atoms with E-state index >= 15 is 0 Å². The molecule has 0 radical (unpaired) electrons. The molecular weight excluding hydrogens is 1270 g/mol. The Labute approximate surface area is 558 Å². The summed E-state index contributed by atoms with van der Waals surface area (Å²) < 4.78 is 83.6. The number of carboxylic acid groups (broad SMARTS) is 1. The van der Waals surface area contributed by atoms with Crippen molar-refractivity contribution in [1.29, 1.82) is 0 Å². The molecule has 4 aliphatic heterocycles. The number of hydrogen-bond acceptors (Lipinski definition) is 14. The molecule has 0 saturated heterocycles. The molecule has 4 aliphatic carbocycles. The van der Waals surface area contributed by atoms with Gasteiger partial charge in [-0.1, -0.05) is 73.5 Å². The number of rotatable bonds is 6. The van der Waals surface area contributed by atoms with E-state index in [-0.39, 0.29) is 76.2 Å². The number of fused-ring (bicyclic) bond motifs is 8. The van der Waals surface area contributed by atoms with Crippen LogP contribution in [0.1, 0.15) is 148 Å². The van der Waals surface area contributed by atoms with Gasteiger partial charge < -0.3 is 39.2 Å². The van der Waals surface area contributed by atoms with E-state index < -0.39 is 59.5 Å². The number of nitrogens with zero attached hydrogens (tertiary/aromatic N) is 2. The molecule has 12 rings (SSSR count). The van der Waals surface area contributed by atoms with Crippen LogP contribution in [0, 0.1) is 35.5 Å². The van der Waals surface area contributed by atoms with Crippen molar-refractivity contribution < 1.29 is 60.1 Å². The van der Waals surface area contributed by atoms with E-state index in [0.717, 1.165) is 80.6 Å². The Balaban J connectivity index is 0.000000190. The first-order chi connectivity index (χ1) is 44.3. The summed E-state index contributed by atoms with van der Waals surface area (Å²) in [7, 11) is -3.15. The van der Waals surface area contributed by atoms with Gasteiger partial charge in [-0.25, -0.2) is 26.3 Å². The Kier molecular flexibility index (Phi) is 19.9. The Morgan fingerprint density at radius 1 is 0.634 bits per heavy atom. The molecule has 22 heteroatoms. The van der Waals surface area contributed by atoms with Crippen LogP contribution in [0.2, 0.25) is 10.0 Å². The van der Waals surface area contributed by atoms with Crippen molar-refractivity contribution in [3.8, 4) is 11.5 Å². The van der Waals surface area contributed by atoms with Crippen LogP contribution in [-0.4, -0.2) is 128 Å². The van der Waals surface area contributed by atoms with Gasteiger partial charge in [-0.2, -0.15) is 0 Å². The Morgan fingerprint density at radius 3 is 1.45 bits per heavy atom. The maximum absolute atomic E-state index is 13.5. The van der Waals surface area contributed by atoms with Crippen molar-refractivity contribution in [3.63, 3.8) is 0 Å². The predicted octanol–water partition coefficient (Wildman–Crippen LogP) is 11.1. The number of benzene rings is 4. The van der Waals surface area contributed by atoms with E-state index in [1.54, 1.807) is 71.5 Å². The van der Waals surface area contributed by atoms with Gasteiger partial charge in [0, 0.05) is 79.4 Å². The van der Waals surface area contributed by atoms with Gasteiger partial charge in [0.2, 0.25) is 26.0 Å². The van der Waals surface area contributed by atoms with Crippen molar-refractivity contribution in [2.75, 3.05) is 70.5 Å². The van der Waals surface area contributed by atoms with E-state index in [1.165, 1.54) is 22.3 Å². The summed E-state index contributed by atoms with van der Waals surface area (Å²) >= 11 is 12.8. The number of carbonyl (C=O) groups excluding carboxylic acids is 3. The van der Waals surface area contributed by atoms with Crippen LogP contribution < -0.4 is 34.0 Å². The van der Waals surface area contributed by atoms with Gasteiger partial charge in [0.25, 0.3) is 11.8 Å². The first-order valence-corrected chi connectivity index (χ1v) is 36.7. The molecule has 4 bridgehead atoms. The fourth-order valence-corrected chi connectivity index (χ4v) is 19.2. The highest BCUT2D eigenvalue weighted by molar-refractivity contribution is 7.91. The normalized spacial score (nSPS) is 32.7. The number of sulfonamides is 2. The molecule has 2 spiro atoms. The third-order valence-corrected chi connectivity index (χ3v) is 26.7. The third-order valence-electron chi connectivity index (χ3n) is 22.4. The van der Waals surface area contributed by atoms with Gasteiger partial charge in [0.15, 0.2) is 0 Å². The lowest BCUT2D eigenvalue weighted by Gasteiger charge is -2.50. The lowest BCUT2D eigenvalue weighted by Crippen LogP contribution is -2.54. The lowest BCUT2D eigenvalue weighted by atomic mass is 9.62. The number of aliphatic carboxylic acids is 1. The van der Waals surface area contributed by atoms with Gasteiger partial charge in [-0.15, -0.1) is 0 Å². The van der Waals surface area contributed by atoms with Crippen molar-refractivity contribution >= 4 is 78.3 Å². The topological polar surface area (TPSA) is 236 Å². The Morgan fingerprint density at radius 2 is 1.06 bits per heavy atom. The number of aryl methyl sites for hydroxylation is 2. The molecule has 12 atom stereocenters. The number of carboxylic acids is 1. The van der Waals surface area contributed by atoms with Crippen molar-refractivity contribution in [2.24, 2.45) is 35.5 Å². The third kappa shape index (κ3) is 13.7. The summed E-state index contributed by atoms with van der Waals surface area (Å²) in [6, 6.07) is 22.5. The summed E-state index contributed by atoms with van der Waals surface area (Å²) in [6.45, 7) is 10.3. The standard InChI is InChI=1S/C36H46ClN3O6S.C35H43ClN2O7S/c1-23-7-5-16-36(45-4,19-33(41)38-3)30-12-9-27(30)20-40-21-35(15-6-8-25-17-28(37)11-13-29(25)35)22-46-32-14-10-26(18-31(32)40)34(42)39-47(43,44)24(23)2;1-22-6-4-15-35(44-3,18-32(39)40)29-11-8-26(29)19-38-20-34(14-5-7-24-16-27(36)10-12-28(24)34)21-45-31-13-9-25(17-30(31)38)33(41)37-46(42,43)23(22)2/h5,10-11,13-14,16-18,23-24,27,30H,6-9,12,15,19-22H2,1-4H3,(H,38,41)(H,39,42);4,9-10,12-13,15-17,22-23,26,29H,5-8,11,14,18-21H2,1-3H3,(H,37,41)(H,39,40)/b16-5+;15-4+/t23-,24+,27-,30+,35-,36+;22-,23+,26-,29+,34-,35+/m00/s1. The SMILES string of the molecule is CNC(=O)C[C@]1(OC)/C=C/C[C@H](C)[C@@H](C)S(=O)(=O)NC(=O)c2ccc3c(c2)N(C[C@@H]2CC[C@H]21)C[C@@]1(CCCc2cc(Cl)ccc21)CO3.CO[C@@]1(CC(=O)O)/C=C/C[C@H](C)[C@@H](C)S(=O)(=O)NC(=O)c2ccc3c(c2)N(C[C@@H]2CC[C@H]21)C[C@@]1(CCCc2cc(Cl)ccc21)CO3. The Bertz CT molecular complexity index is 3830. The molecule has 4 aromatic carbocycles. The largest absolute Gasteiger partial charge is 0.490 e. The van der Waals surface area contributed by atoms with E-state index in [1.807, 2.05) is 56.4 Å². The smallest absolute Gasteiger partial charge is 0.306 e. The maximum atomic E-state index is 13.5. The number of carbonyl (C=O) groups is 4. The van der Waals surface area contributed by atoms with Crippen LogP contribution in [0.4, 0.5) is 11.4 Å².